The van der Waals surface area contributed by atoms with E-state index in [2.05, 4.69) is 38.0 Å². The van der Waals surface area contributed by atoms with Crippen LogP contribution >= 0.6 is 12.2 Å². The fraction of sp³-hybridized carbons (Fsp3) is 0.280. The summed E-state index contributed by atoms with van der Waals surface area (Å²) >= 11 is 5.63. The minimum Gasteiger partial charge on any atom is -0.383 e. The summed E-state index contributed by atoms with van der Waals surface area (Å²) in [6, 6.07) is 14.1. The molecule has 4 rings (SSSR count). The maximum absolute atomic E-state index is 13.5. The van der Waals surface area contributed by atoms with Crippen molar-refractivity contribution in [3.05, 3.63) is 84.0 Å². The van der Waals surface area contributed by atoms with E-state index in [1.807, 2.05) is 24.3 Å². The Bertz CT molecular complexity index is 1220. The molecule has 2 heterocycles. The van der Waals surface area contributed by atoms with Gasteiger partial charge in [-0.3, -0.25) is 4.99 Å². The Morgan fingerprint density at radius 3 is 2.56 bits per heavy atom. The number of likely N-dealkylation sites (tertiary alicyclic amines) is 1. The van der Waals surface area contributed by atoms with Gasteiger partial charge in [0.25, 0.3) is 0 Å². The molecule has 1 atom stereocenters. The van der Waals surface area contributed by atoms with E-state index in [-0.39, 0.29) is 11.9 Å². The molecule has 1 aromatic heterocycles. The molecule has 0 radical (unpaired) electrons. The van der Waals surface area contributed by atoms with Gasteiger partial charge in [0, 0.05) is 25.8 Å². The fourth-order valence-corrected chi connectivity index (χ4v) is 4.14. The van der Waals surface area contributed by atoms with Gasteiger partial charge in [-0.1, -0.05) is 24.4 Å². The lowest BCUT2D eigenvalue weighted by Gasteiger charge is -2.20. The minimum atomic E-state index is -0.316. The molecular formula is C25H30FN9S. The first-order chi connectivity index (χ1) is 17.4. The molecule has 3 aromatic rings. The molecule has 2 aromatic carbocycles. The van der Waals surface area contributed by atoms with Gasteiger partial charge in [-0.2, -0.15) is 5.10 Å². The quantitative estimate of drug-likeness (QED) is 0.151. The number of nitrogens with one attached hydrogen (secondary N) is 3. The lowest BCUT2D eigenvalue weighted by molar-refractivity contribution is 0.411. The number of amidine groups is 1. The number of thiocarbonyl (C=S) groups is 1. The van der Waals surface area contributed by atoms with Crippen LogP contribution in [0.15, 0.2) is 77.6 Å². The van der Waals surface area contributed by atoms with Crippen molar-refractivity contribution in [3.63, 3.8) is 0 Å². The number of aromatic nitrogens is 3. The molecule has 11 heteroatoms. The van der Waals surface area contributed by atoms with Gasteiger partial charge in [-0.05, 0) is 62.0 Å². The molecule has 1 aliphatic rings. The molecule has 5 N–H and O–H groups in total. The van der Waals surface area contributed by atoms with Crippen molar-refractivity contribution in [2.75, 3.05) is 32.5 Å². The van der Waals surface area contributed by atoms with E-state index in [1.165, 1.54) is 18.5 Å². The maximum Gasteiger partial charge on any atom is 0.138 e. The summed E-state index contributed by atoms with van der Waals surface area (Å²) < 4.78 is 15.2. The third kappa shape index (κ3) is 6.43. The zero-order valence-corrected chi connectivity index (χ0v) is 21.1. The van der Waals surface area contributed by atoms with E-state index in [0.29, 0.717) is 34.5 Å². The van der Waals surface area contributed by atoms with E-state index < -0.39 is 0 Å². The van der Waals surface area contributed by atoms with Gasteiger partial charge in [-0.25, -0.2) is 14.1 Å². The predicted molar refractivity (Wildman–Crippen MR) is 144 cm³/mol. The molecule has 1 aliphatic heterocycles. The van der Waals surface area contributed by atoms with Gasteiger partial charge < -0.3 is 26.6 Å². The second-order valence-electron chi connectivity index (χ2n) is 8.54. The molecule has 0 aliphatic carbocycles. The molecule has 1 fully saturated rings. The van der Waals surface area contributed by atoms with Crippen LogP contribution < -0.4 is 21.7 Å². The van der Waals surface area contributed by atoms with Crippen LogP contribution in [0.1, 0.15) is 12.0 Å². The summed E-state index contributed by atoms with van der Waals surface area (Å²) in [7, 11) is 3.81. The monoisotopic (exact) mass is 507 g/mol. The van der Waals surface area contributed by atoms with Crippen LogP contribution in [0.2, 0.25) is 0 Å². The Labute approximate surface area is 215 Å². The number of hydrogen-bond acceptors (Lipinski definition) is 7. The number of likely N-dealkylation sites (N-methyl/N-ethyl adjacent to an activating group) is 2. The molecule has 9 nitrogen and oxygen atoms in total. The number of benzene rings is 2. The molecule has 36 heavy (non-hydrogen) atoms. The van der Waals surface area contributed by atoms with Crippen molar-refractivity contribution in [2.24, 2.45) is 10.7 Å². The highest BCUT2D eigenvalue weighted by atomic mass is 32.1. The smallest absolute Gasteiger partial charge is 0.138 e. The van der Waals surface area contributed by atoms with Crippen LogP contribution in [0.5, 0.6) is 0 Å². The van der Waals surface area contributed by atoms with E-state index >= 15 is 0 Å². The standard InChI is InChI=1S/C25H30FN9S/c1-28-25(36)22(23(27)32-20-11-12-34(2)14-20)24(33-19-7-5-18(26)6-8-19)30-13-17-3-9-21(10-4-17)35-16-29-15-31-35/h3-10,15-16,20,30,33H,11-14H2,1-2H3,(H2,27,32)(H,28,36)/b24-22-. The molecule has 0 spiro atoms. The third-order valence-corrected chi connectivity index (χ3v) is 6.26. The lowest BCUT2D eigenvalue weighted by atomic mass is 10.1. The summed E-state index contributed by atoms with van der Waals surface area (Å²) in [6.07, 6.45) is 4.08. The molecule has 1 saturated heterocycles. The predicted octanol–water partition coefficient (Wildman–Crippen LogP) is 2.43. The summed E-state index contributed by atoms with van der Waals surface area (Å²) in [5.74, 6) is 0.603. The van der Waals surface area contributed by atoms with Crippen molar-refractivity contribution in [2.45, 2.75) is 19.0 Å². The molecular weight excluding hydrogens is 477 g/mol. The van der Waals surface area contributed by atoms with Crippen molar-refractivity contribution in [3.8, 4) is 5.69 Å². The summed E-state index contributed by atoms with van der Waals surface area (Å²) in [5.41, 5.74) is 9.71. The van der Waals surface area contributed by atoms with Gasteiger partial charge in [0.05, 0.1) is 17.3 Å². The Kier molecular flexibility index (Phi) is 8.24. The molecule has 0 amide bonds. The van der Waals surface area contributed by atoms with Crippen LogP contribution in [0.3, 0.4) is 0 Å². The Morgan fingerprint density at radius 1 is 1.19 bits per heavy atom. The van der Waals surface area contributed by atoms with Crippen molar-refractivity contribution < 1.29 is 4.39 Å². The second-order valence-corrected chi connectivity index (χ2v) is 8.95. The van der Waals surface area contributed by atoms with E-state index in [1.54, 1.807) is 30.2 Å². The van der Waals surface area contributed by atoms with Crippen LogP contribution in [0.4, 0.5) is 10.1 Å². The van der Waals surface area contributed by atoms with Crippen LogP contribution in [-0.2, 0) is 6.54 Å². The summed E-state index contributed by atoms with van der Waals surface area (Å²) in [4.78, 5) is 11.4. The molecule has 0 saturated carbocycles. The average Bonchev–Trinajstić information content (AvgIpc) is 3.56. The number of nitrogens with zero attached hydrogens (tertiary/aromatic N) is 5. The first-order valence-corrected chi connectivity index (χ1v) is 12.0. The van der Waals surface area contributed by atoms with Gasteiger partial charge >= 0.3 is 0 Å². The topological polar surface area (TPSA) is 108 Å². The summed E-state index contributed by atoms with van der Waals surface area (Å²) in [5, 5.41) is 13.9. The normalized spacial score (nSPS) is 17.0. The van der Waals surface area contributed by atoms with Crippen LogP contribution in [0, 0.1) is 5.82 Å². The molecule has 0 bridgehead atoms. The third-order valence-electron chi connectivity index (χ3n) is 5.85. The van der Waals surface area contributed by atoms with Crippen LogP contribution in [0.25, 0.3) is 5.69 Å². The minimum absolute atomic E-state index is 0.0982. The highest BCUT2D eigenvalue weighted by molar-refractivity contribution is 7.80. The average molecular weight is 508 g/mol. The van der Waals surface area contributed by atoms with Gasteiger partial charge in [0.1, 0.15) is 35.1 Å². The van der Waals surface area contributed by atoms with Gasteiger partial charge in [-0.15, -0.1) is 0 Å². The second kappa shape index (κ2) is 11.7. The van der Waals surface area contributed by atoms with E-state index in [9.17, 15) is 4.39 Å². The zero-order chi connectivity index (χ0) is 25.5. The van der Waals surface area contributed by atoms with E-state index in [4.69, 9.17) is 22.9 Å². The first kappa shape index (κ1) is 25.3. The number of hydrogen-bond donors (Lipinski definition) is 4. The lowest BCUT2D eigenvalue weighted by Crippen LogP contribution is -2.35. The number of anilines is 1. The maximum atomic E-state index is 13.5. The number of rotatable bonds is 9. The van der Waals surface area contributed by atoms with Crippen molar-refractivity contribution in [1.82, 2.24) is 30.3 Å². The van der Waals surface area contributed by atoms with Crippen molar-refractivity contribution in [1.29, 1.82) is 0 Å². The zero-order valence-electron chi connectivity index (χ0n) is 20.3. The van der Waals surface area contributed by atoms with Crippen LogP contribution in [-0.4, -0.2) is 63.7 Å². The highest BCUT2D eigenvalue weighted by Crippen LogP contribution is 2.17. The van der Waals surface area contributed by atoms with E-state index in [0.717, 1.165) is 30.8 Å². The number of aliphatic imine (C=N–C) groups is 1. The Hall–Kier alpha value is -3.83. The van der Waals surface area contributed by atoms with Gasteiger partial charge in [0.15, 0.2) is 0 Å². The van der Waals surface area contributed by atoms with Crippen molar-refractivity contribution >= 4 is 28.7 Å². The molecule has 1 unspecified atom stereocenters. The first-order valence-electron chi connectivity index (χ1n) is 11.6. The largest absolute Gasteiger partial charge is 0.383 e. The Morgan fingerprint density at radius 2 is 1.94 bits per heavy atom. The molecule has 188 valence electrons. The highest BCUT2D eigenvalue weighted by Gasteiger charge is 2.22. The fourth-order valence-electron chi connectivity index (χ4n) is 3.93. The number of halogens is 1. The number of nitrogens with two attached hydrogens (primary N) is 1. The Balaban J connectivity index is 1.63. The SMILES string of the molecule is CNC(=S)/C(C(N)=NC1CCN(C)C1)=C(/NCc1ccc(-n2cncn2)cc1)Nc1ccc(F)cc1. The van der Waals surface area contributed by atoms with Gasteiger partial charge in [0.2, 0.25) is 0 Å². The summed E-state index contributed by atoms with van der Waals surface area (Å²) in [6.45, 7) is 2.30.